The van der Waals surface area contributed by atoms with Crippen molar-refractivity contribution in [2.45, 2.75) is 6.92 Å². The van der Waals surface area contributed by atoms with Crippen molar-refractivity contribution in [2.75, 3.05) is 5.73 Å². The molecule has 0 aliphatic heterocycles. The molecule has 0 aliphatic rings. The van der Waals surface area contributed by atoms with Gasteiger partial charge in [-0.15, -0.1) is 0 Å². The topological polar surface area (TPSA) is 65.4 Å². The molecule has 3 rings (SSSR count). The van der Waals surface area contributed by atoms with Crippen LogP contribution in [0.2, 0.25) is 10.0 Å². The fraction of sp³-hybridized carbons (Fsp3) is 0.0588. The number of rotatable bonds is 4. The zero-order chi connectivity index (χ0) is 17.1. The number of nitrogen functional groups attached to an aromatic ring is 1. The van der Waals surface area contributed by atoms with Gasteiger partial charge in [-0.2, -0.15) is 5.10 Å². The monoisotopic (exact) mass is 360 g/mol. The molecule has 5 nitrogen and oxygen atoms in total. The van der Waals surface area contributed by atoms with Gasteiger partial charge in [-0.05, 0) is 42.8 Å². The molecule has 3 aromatic rings. The second kappa shape index (κ2) is 6.95. The van der Waals surface area contributed by atoms with E-state index in [-0.39, 0.29) is 0 Å². The summed E-state index contributed by atoms with van der Waals surface area (Å²) in [5.41, 5.74) is 7.41. The van der Waals surface area contributed by atoms with E-state index in [0.717, 1.165) is 11.3 Å². The number of nitrogens with zero attached hydrogens (tertiary/aromatic N) is 3. The molecule has 0 bridgehead atoms. The smallest absolute Gasteiger partial charge is 0.221 e. The summed E-state index contributed by atoms with van der Waals surface area (Å²) in [6.07, 6.45) is 3.43. The lowest BCUT2D eigenvalue weighted by atomic mass is 10.2. The third-order valence-electron chi connectivity index (χ3n) is 3.10. The van der Waals surface area contributed by atoms with Crippen molar-refractivity contribution in [1.82, 2.24) is 9.66 Å². The number of hydrogen-bond donors (Lipinski definition) is 1. The van der Waals surface area contributed by atoms with Gasteiger partial charge < -0.3 is 10.5 Å². The van der Waals surface area contributed by atoms with Gasteiger partial charge in [-0.25, -0.2) is 9.66 Å². The van der Waals surface area contributed by atoms with Gasteiger partial charge in [0.25, 0.3) is 0 Å². The molecule has 0 fully saturated rings. The Labute approximate surface area is 149 Å². The molecule has 2 aromatic carbocycles. The maximum Gasteiger partial charge on any atom is 0.221 e. The van der Waals surface area contributed by atoms with E-state index in [1.165, 1.54) is 4.68 Å². The van der Waals surface area contributed by atoms with Crippen molar-refractivity contribution in [3.05, 3.63) is 70.0 Å². The summed E-state index contributed by atoms with van der Waals surface area (Å²) in [6, 6.07) is 12.5. The maximum absolute atomic E-state index is 5.98. The minimum atomic E-state index is 0.338. The first-order chi connectivity index (χ1) is 11.5. The molecular formula is C17H14Cl2N4O. The summed E-state index contributed by atoms with van der Waals surface area (Å²) in [4.78, 5) is 4.09. The molecule has 0 aliphatic carbocycles. The van der Waals surface area contributed by atoms with Gasteiger partial charge in [-0.1, -0.05) is 35.3 Å². The van der Waals surface area contributed by atoms with E-state index >= 15 is 0 Å². The Hall–Kier alpha value is -2.50. The summed E-state index contributed by atoms with van der Waals surface area (Å²) in [5.74, 6) is 1.55. The molecule has 24 heavy (non-hydrogen) atoms. The van der Waals surface area contributed by atoms with E-state index in [0.29, 0.717) is 27.5 Å². The van der Waals surface area contributed by atoms with Crippen molar-refractivity contribution in [1.29, 1.82) is 0 Å². The Balaban J connectivity index is 1.80. The van der Waals surface area contributed by atoms with Crippen molar-refractivity contribution in [2.24, 2.45) is 5.10 Å². The zero-order valence-corrected chi connectivity index (χ0v) is 14.3. The lowest BCUT2D eigenvalue weighted by molar-refractivity contribution is 0.482. The number of nitrogens with two attached hydrogens (primary N) is 1. The molecule has 0 spiro atoms. The van der Waals surface area contributed by atoms with Crippen molar-refractivity contribution in [3.8, 4) is 11.5 Å². The number of aryl methyl sites for hydroxylation is 1. The first kappa shape index (κ1) is 16.4. The molecule has 0 radical (unpaired) electrons. The van der Waals surface area contributed by atoms with Crippen molar-refractivity contribution >= 4 is 35.4 Å². The average molecular weight is 361 g/mol. The fourth-order valence-electron chi connectivity index (χ4n) is 2.11. The van der Waals surface area contributed by atoms with E-state index in [1.807, 2.05) is 31.2 Å². The highest BCUT2D eigenvalue weighted by molar-refractivity contribution is 6.34. The van der Waals surface area contributed by atoms with Gasteiger partial charge in [0.05, 0.1) is 18.1 Å². The highest BCUT2D eigenvalue weighted by Gasteiger charge is 2.03. The predicted octanol–water partition coefficient (Wildman–Crippen LogP) is 4.76. The van der Waals surface area contributed by atoms with E-state index < -0.39 is 0 Å². The Morgan fingerprint density at radius 2 is 1.88 bits per heavy atom. The molecule has 2 N–H and O–H groups in total. The summed E-state index contributed by atoms with van der Waals surface area (Å²) in [5, 5.41) is 5.31. The number of benzene rings is 2. The van der Waals surface area contributed by atoms with Crippen LogP contribution in [0.5, 0.6) is 11.5 Å². The Morgan fingerprint density at radius 1 is 1.12 bits per heavy atom. The van der Waals surface area contributed by atoms with Crippen LogP contribution in [0.1, 0.15) is 11.3 Å². The molecule has 1 heterocycles. The average Bonchev–Trinajstić information content (AvgIpc) is 2.82. The number of hydrogen-bond acceptors (Lipinski definition) is 4. The zero-order valence-electron chi connectivity index (χ0n) is 12.8. The highest BCUT2D eigenvalue weighted by atomic mass is 35.5. The van der Waals surface area contributed by atoms with Crippen LogP contribution in [-0.2, 0) is 0 Å². The Kier molecular flexibility index (Phi) is 4.74. The number of aromatic nitrogens is 2. The third kappa shape index (κ3) is 4.07. The highest BCUT2D eigenvalue weighted by Crippen LogP contribution is 2.28. The van der Waals surface area contributed by atoms with E-state index in [9.17, 15) is 0 Å². The van der Waals surface area contributed by atoms with Crippen LogP contribution in [0.3, 0.4) is 0 Å². The normalized spacial score (nSPS) is 11.1. The van der Waals surface area contributed by atoms with Crippen LogP contribution in [0, 0.1) is 6.92 Å². The minimum Gasteiger partial charge on any atom is -0.457 e. The SMILES string of the molecule is Cc1cn(N=Cc2cccc(Oc3cc(Cl)cc(Cl)c3)c2)c(N)n1. The summed E-state index contributed by atoms with van der Waals surface area (Å²) >= 11 is 12.0. The van der Waals surface area contributed by atoms with E-state index in [2.05, 4.69) is 10.1 Å². The second-order valence-corrected chi connectivity index (χ2v) is 5.98. The molecule has 0 saturated heterocycles. The van der Waals surface area contributed by atoms with Crippen LogP contribution in [0.4, 0.5) is 5.95 Å². The Morgan fingerprint density at radius 3 is 2.54 bits per heavy atom. The minimum absolute atomic E-state index is 0.338. The van der Waals surface area contributed by atoms with Crippen LogP contribution >= 0.6 is 23.2 Å². The molecule has 1 aromatic heterocycles. The lowest BCUT2D eigenvalue weighted by Crippen LogP contribution is -1.97. The fourth-order valence-corrected chi connectivity index (χ4v) is 2.61. The van der Waals surface area contributed by atoms with Gasteiger partial charge in [0.15, 0.2) is 0 Å². The molecule has 7 heteroatoms. The first-order valence-electron chi connectivity index (χ1n) is 7.09. The number of anilines is 1. The number of ether oxygens (including phenoxy) is 1. The quantitative estimate of drug-likeness (QED) is 0.682. The first-order valence-corrected chi connectivity index (χ1v) is 7.85. The summed E-state index contributed by atoms with van der Waals surface area (Å²) in [6.45, 7) is 1.85. The van der Waals surface area contributed by atoms with Gasteiger partial charge >= 0.3 is 0 Å². The molecular weight excluding hydrogens is 347 g/mol. The predicted molar refractivity (Wildman–Crippen MR) is 97.3 cm³/mol. The van der Waals surface area contributed by atoms with E-state index in [1.54, 1.807) is 30.6 Å². The van der Waals surface area contributed by atoms with Gasteiger partial charge in [0.1, 0.15) is 11.5 Å². The van der Waals surface area contributed by atoms with E-state index in [4.69, 9.17) is 33.7 Å². The van der Waals surface area contributed by atoms with Gasteiger partial charge in [0.2, 0.25) is 5.95 Å². The standard InChI is InChI=1S/C17H14Cl2N4O/c1-11-10-23(17(20)22-11)21-9-12-3-2-4-15(5-12)24-16-7-13(18)6-14(19)8-16/h2-10H,1H3,(H2,20,22). The molecule has 0 amide bonds. The third-order valence-corrected chi connectivity index (χ3v) is 3.53. The summed E-state index contributed by atoms with van der Waals surface area (Å²) < 4.78 is 7.30. The summed E-state index contributed by atoms with van der Waals surface area (Å²) in [7, 11) is 0. The number of halogens is 2. The van der Waals surface area contributed by atoms with Crippen LogP contribution in [0.15, 0.2) is 53.8 Å². The number of imidazole rings is 1. The molecule has 0 saturated carbocycles. The Bertz CT molecular complexity index is 885. The van der Waals surface area contributed by atoms with Gasteiger partial charge in [-0.3, -0.25) is 0 Å². The van der Waals surface area contributed by atoms with Crippen molar-refractivity contribution < 1.29 is 4.74 Å². The lowest BCUT2D eigenvalue weighted by Gasteiger charge is -2.07. The second-order valence-electron chi connectivity index (χ2n) is 5.11. The van der Waals surface area contributed by atoms with Crippen LogP contribution < -0.4 is 10.5 Å². The largest absolute Gasteiger partial charge is 0.457 e. The van der Waals surface area contributed by atoms with Crippen LogP contribution in [-0.4, -0.2) is 15.9 Å². The molecule has 0 unspecified atom stereocenters. The maximum atomic E-state index is 5.98. The van der Waals surface area contributed by atoms with Crippen molar-refractivity contribution in [3.63, 3.8) is 0 Å². The molecule has 122 valence electrons. The van der Waals surface area contributed by atoms with Crippen LogP contribution in [0.25, 0.3) is 0 Å². The molecule has 0 atom stereocenters. The van der Waals surface area contributed by atoms with Gasteiger partial charge in [0, 0.05) is 10.0 Å².